The number of ketones is 1. The Kier molecular flexibility index (Phi) is 24.9. The summed E-state index contributed by atoms with van der Waals surface area (Å²) < 4.78 is 5.33. The first kappa shape index (κ1) is 60.4. The first-order valence-electron chi connectivity index (χ1n) is 28.0. The predicted molar refractivity (Wildman–Crippen MR) is 277 cm³/mol. The number of unbranched alkanes of at least 4 members (excludes halogenated alkanes) is 6. The van der Waals surface area contributed by atoms with E-state index in [0.29, 0.717) is 77.4 Å². The third-order valence-corrected chi connectivity index (χ3v) is 16.0. The summed E-state index contributed by atoms with van der Waals surface area (Å²) in [6, 6.07) is -4.30. The van der Waals surface area contributed by atoms with Gasteiger partial charge in [-0.25, -0.2) is 0 Å². The molecule has 0 aromatic carbocycles. The van der Waals surface area contributed by atoms with Gasteiger partial charge in [0.2, 0.25) is 41.4 Å². The Balaban J connectivity index is 1.04. The van der Waals surface area contributed by atoms with Crippen LogP contribution < -0.4 is 37.2 Å². The lowest BCUT2D eigenvalue weighted by Crippen LogP contribution is -2.62. The fourth-order valence-electron chi connectivity index (χ4n) is 11.7. The van der Waals surface area contributed by atoms with Crippen molar-refractivity contribution in [2.45, 2.75) is 233 Å². The lowest BCUT2D eigenvalue weighted by molar-refractivity contribution is -0.137. The van der Waals surface area contributed by atoms with E-state index in [-0.39, 0.29) is 65.6 Å². The molecule has 8 N–H and O–H groups in total. The van der Waals surface area contributed by atoms with Gasteiger partial charge in [0.25, 0.3) is 0 Å². The molecule has 7 amide bonds. The van der Waals surface area contributed by atoms with Crippen LogP contribution in [0.4, 0.5) is 0 Å². The van der Waals surface area contributed by atoms with Crippen molar-refractivity contribution in [3.05, 3.63) is 0 Å². The molecule has 5 aliphatic rings. The first-order valence-corrected chi connectivity index (χ1v) is 28.0. The zero-order chi connectivity index (χ0) is 53.0. The number of amides is 7. The number of rotatable bonds is 36. The van der Waals surface area contributed by atoms with Crippen molar-refractivity contribution in [1.82, 2.24) is 37.2 Å². The van der Waals surface area contributed by atoms with Crippen LogP contribution in [0.15, 0.2) is 0 Å². The van der Waals surface area contributed by atoms with Gasteiger partial charge in [0.15, 0.2) is 5.78 Å². The molecule has 5 rings (SSSR count). The van der Waals surface area contributed by atoms with Gasteiger partial charge in [-0.15, -0.1) is 0 Å². The number of carbonyl (C=O) groups excluding carboxylic acids is 8. The SMILES string of the molecule is CC[C@H](C)[C@H](NC(=O)CCCCCNC(=O)CCCCCNC(=O)CCCCCNC(=O)CC12CC3CC(CC(C3)C1)C2)C(=O)N[C@H](C(=O)N[C@H](C(=O)N[C@@H](CC(C)C)C(=O)[C@@]1(C)CO1)[C@@H](C)O)[C@@H](C)CC. The van der Waals surface area contributed by atoms with Gasteiger partial charge >= 0.3 is 0 Å². The molecule has 72 heavy (non-hydrogen) atoms. The summed E-state index contributed by atoms with van der Waals surface area (Å²) in [5.41, 5.74) is -0.714. The van der Waals surface area contributed by atoms with Crippen molar-refractivity contribution in [3.8, 4) is 0 Å². The molecule has 8 atom stereocenters. The smallest absolute Gasteiger partial charge is 0.245 e. The molecule has 0 radical (unpaired) electrons. The number of ether oxygens (including phenoxy) is 1. The van der Waals surface area contributed by atoms with Crippen LogP contribution in [0.2, 0.25) is 0 Å². The molecule has 17 heteroatoms. The van der Waals surface area contributed by atoms with Crippen LogP contribution >= 0.6 is 0 Å². The Morgan fingerprint density at radius 3 is 1.36 bits per heavy atom. The Hall–Kier alpha value is -4.12. The molecule has 1 saturated heterocycles. The van der Waals surface area contributed by atoms with Crippen molar-refractivity contribution in [2.75, 3.05) is 26.2 Å². The Morgan fingerprint density at radius 2 is 0.944 bits per heavy atom. The summed E-state index contributed by atoms with van der Waals surface area (Å²) >= 11 is 0. The van der Waals surface area contributed by atoms with Crippen molar-refractivity contribution in [3.63, 3.8) is 0 Å². The van der Waals surface area contributed by atoms with Gasteiger partial charge in [-0.2, -0.15) is 0 Å². The van der Waals surface area contributed by atoms with E-state index >= 15 is 0 Å². The number of aliphatic hydroxyl groups excluding tert-OH is 1. The van der Waals surface area contributed by atoms with Crippen LogP contribution in [0, 0.1) is 40.9 Å². The molecule has 5 fully saturated rings. The molecule has 0 aromatic heterocycles. The van der Waals surface area contributed by atoms with Gasteiger partial charge < -0.3 is 47.1 Å². The van der Waals surface area contributed by atoms with E-state index in [1.54, 1.807) is 13.8 Å². The second kappa shape index (κ2) is 29.7. The first-order chi connectivity index (χ1) is 34.2. The van der Waals surface area contributed by atoms with Crippen LogP contribution in [-0.4, -0.2) is 114 Å². The predicted octanol–water partition coefficient (Wildman–Crippen LogP) is 5.44. The van der Waals surface area contributed by atoms with E-state index in [1.807, 2.05) is 34.6 Å². The van der Waals surface area contributed by atoms with Gasteiger partial charge in [-0.05, 0) is 138 Å². The van der Waals surface area contributed by atoms with E-state index in [2.05, 4.69) is 37.2 Å². The lowest BCUT2D eigenvalue weighted by atomic mass is 9.49. The van der Waals surface area contributed by atoms with Gasteiger partial charge in [0, 0.05) is 45.3 Å². The summed E-state index contributed by atoms with van der Waals surface area (Å²) in [7, 11) is 0. The molecule has 4 aliphatic carbocycles. The maximum atomic E-state index is 13.8. The zero-order valence-electron chi connectivity index (χ0n) is 45.4. The molecule has 4 bridgehead atoms. The van der Waals surface area contributed by atoms with Crippen LogP contribution in [-0.2, 0) is 43.1 Å². The molecule has 410 valence electrons. The third-order valence-electron chi connectivity index (χ3n) is 16.0. The van der Waals surface area contributed by atoms with E-state index in [1.165, 1.54) is 45.4 Å². The third kappa shape index (κ3) is 20.0. The van der Waals surface area contributed by atoms with Crippen molar-refractivity contribution >= 4 is 47.1 Å². The van der Waals surface area contributed by atoms with E-state index in [4.69, 9.17) is 4.74 Å². The normalized spacial score (nSPS) is 24.7. The highest BCUT2D eigenvalue weighted by Crippen LogP contribution is 2.61. The maximum absolute atomic E-state index is 13.8. The van der Waals surface area contributed by atoms with E-state index in [0.717, 1.165) is 56.3 Å². The average Bonchev–Trinajstić information content (AvgIpc) is 4.08. The summed E-state index contributed by atoms with van der Waals surface area (Å²) in [4.78, 5) is 105. The molecule has 1 aliphatic heterocycles. The number of aliphatic hydroxyl groups is 1. The van der Waals surface area contributed by atoms with E-state index in [9.17, 15) is 43.5 Å². The molecule has 1 heterocycles. The molecule has 4 saturated carbocycles. The monoisotopic (exact) mass is 1010 g/mol. The van der Waals surface area contributed by atoms with Crippen LogP contribution in [0.5, 0.6) is 0 Å². The largest absolute Gasteiger partial charge is 0.391 e. The minimum atomic E-state index is -1.41. The number of hydrogen-bond acceptors (Lipinski definition) is 10. The number of hydrogen-bond donors (Lipinski definition) is 8. The van der Waals surface area contributed by atoms with Crippen LogP contribution in [0.25, 0.3) is 0 Å². The van der Waals surface area contributed by atoms with Gasteiger partial charge in [-0.1, -0.05) is 73.6 Å². The fraction of sp³-hybridized carbons (Fsp3) is 0.855. The van der Waals surface area contributed by atoms with Crippen molar-refractivity contribution in [1.29, 1.82) is 0 Å². The standard InChI is InChI=1S/C55H95N7O10/c1-9-36(5)47(51(69)61-48(37(6)10-2)52(70)62-49(38(7)63)53(71)59-42(26-35(3)4)50(68)54(8)34-72-54)60-45(66)22-16-13-18-24-57-43(64)20-14-11-17-23-56-44(65)21-15-12-19-25-58-46(67)33-55-30-39-27-40(31-55)29-41(28-39)32-55/h35-42,47-49,63H,9-34H2,1-8H3,(H,56,65)(H,57,64)(H,58,67)(H,59,71)(H,60,66)(H,61,69)(H,62,70)/t36-,37-,38+,39?,40?,41?,42-,47-,48-,49-,54+,55?/m0/s1. The number of nitrogens with one attached hydrogen (secondary N) is 7. The Morgan fingerprint density at radius 1 is 0.542 bits per heavy atom. The second-order valence-corrected chi connectivity index (χ2v) is 23.2. The molecular formula is C55H95N7O10. The Bertz CT molecular complexity index is 1770. The highest BCUT2D eigenvalue weighted by atomic mass is 16.6. The molecule has 17 nitrogen and oxygen atoms in total. The molecular weight excluding hydrogens is 919 g/mol. The summed E-state index contributed by atoms with van der Waals surface area (Å²) in [5, 5.41) is 30.7. The quantitative estimate of drug-likeness (QED) is 0.0292. The average molecular weight is 1010 g/mol. The van der Waals surface area contributed by atoms with Gasteiger partial charge in [0.05, 0.1) is 18.8 Å². The van der Waals surface area contributed by atoms with Crippen LogP contribution in [0.1, 0.15) is 197 Å². The summed E-state index contributed by atoms with van der Waals surface area (Å²) in [5.74, 6) is -0.321. The topological polar surface area (TPSA) is 254 Å². The number of epoxide rings is 1. The number of carbonyl (C=O) groups is 8. The van der Waals surface area contributed by atoms with Gasteiger partial charge in [0.1, 0.15) is 23.7 Å². The van der Waals surface area contributed by atoms with Crippen molar-refractivity contribution < 1.29 is 48.2 Å². The van der Waals surface area contributed by atoms with Gasteiger partial charge in [-0.3, -0.25) is 38.4 Å². The molecule has 0 aromatic rings. The molecule has 0 spiro atoms. The Labute approximate surface area is 430 Å². The van der Waals surface area contributed by atoms with Crippen molar-refractivity contribution in [2.24, 2.45) is 40.9 Å². The van der Waals surface area contributed by atoms with Crippen LogP contribution in [0.3, 0.4) is 0 Å². The highest BCUT2D eigenvalue weighted by molar-refractivity contribution is 5.99. The minimum absolute atomic E-state index is 0.0298. The van der Waals surface area contributed by atoms with E-state index < -0.39 is 53.6 Å². The highest BCUT2D eigenvalue weighted by Gasteiger charge is 2.52. The second-order valence-electron chi connectivity index (χ2n) is 23.2. The molecule has 0 unspecified atom stereocenters. The summed E-state index contributed by atoms with van der Waals surface area (Å²) in [6.45, 7) is 16.3. The fourth-order valence-corrected chi connectivity index (χ4v) is 11.7. The minimum Gasteiger partial charge on any atom is -0.391 e. The maximum Gasteiger partial charge on any atom is 0.245 e. The lowest BCUT2D eigenvalue weighted by Gasteiger charge is -2.56. The summed E-state index contributed by atoms with van der Waals surface area (Å²) in [6.07, 6.45) is 16.6. The number of Topliss-reactive ketones (excluding diaryl/α,β-unsaturated/α-hetero) is 1. The zero-order valence-corrected chi connectivity index (χ0v) is 45.4.